The van der Waals surface area contributed by atoms with Crippen LogP contribution in [0.1, 0.15) is 25.8 Å². The molecule has 1 heterocycles. The largest absolute Gasteiger partial charge is 0.328 e. The van der Waals surface area contributed by atoms with Crippen molar-refractivity contribution in [3.63, 3.8) is 0 Å². The number of urea groups is 1. The molecular formula is C14H17ClN2O. The van der Waals surface area contributed by atoms with Gasteiger partial charge in [0.05, 0.1) is 5.54 Å². The number of benzene rings is 1. The second-order valence-electron chi connectivity index (χ2n) is 4.89. The molecule has 0 fully saturated rings. The topological polar surface area (TPSA) is 41.1 Å². The fourth-order valence-electron chi connectivity index (χ4n) is 2.50. The molecule has 1 unspecified atom stereocenters. The Bertz CT molecular complexity index is 499. The summed E-state index contributed by atoms with van der Waals surface area (Å²) in [5.74, 6) is 0.235. The lowest BCUT2D eigenvalue weighted by Crippen LogP contribution is -2.54. The lowest BCUT2D eigenvalue weighted by atomic mass is 9.75. The summed E-state index contributed by atoms with van der Waals surface area (Å²) in [5.41, 5.74) is 1.40. The van der Waals surface area contributed by atoms with E-state index < -0.39 is 5.54 Å². The van der Waals surface area contributed by atoms with Crippen molar-refractivity contribution in [2.24, 2.45) is 5.92 Å². The van der Waals surface area contributed by atoms with Gasteiger partial charge >= 0.3 is 6.03 Å². The average molecular weight is 265 g/mol. The standard InChI is InChI=1S/C14H17ClN2O/c1-4-7-14(9(2)3)11-8-10(15)5-6-12(11)16-13(18)17-14/h4-6,8-9H,1,7H2,2-3H3,(H2,16,17,18). The van der Waals surface area contributed by atoms with Gasteiger partial charge in [-0.1, -0.05) is 31.5 Å². The molecule has 18 heavy (non-hydrogen) atoms. The van der Waals surface area contributed by atoms with Crippen LogP contribution in [0.4, 0.5) is 10.5 Å². The molecule has 1 aliphatic rings. The quantitative estimate of drug-likeness (QED) is 0.799. The molecule has 0 saturated heterocycles. The summed E-state index contributed by atoms with van der Waals surface area (Å²) in [6.45, 7) is 7.96. The van der Waals surface area contributed by atoms with Gasteiger partial charge in [0.1, 0.15) is 0 Å². The van der Waals surface area contributed by atoms with Crippen LogP contribution in [0.3, 0.4) is 0 Å². The third-order valence-corrected chi connectivity index (χ3v) is 3.73. The number of nitrogens with one attached hydrogen (secondary N) is 2. The fraction of sp³-hybridized carbons (Fsp3) is 0.357. The van der Waals surface area contributed by atoms with Crippen LogP contribution in [0, 0.1) is 5.92 Å². The lowest BCUT2D eigenvalue weighted by molar-refractivity contribution is 0.210. The fourth-order valence-corrected chi connectivity index (χ4v) is 2.67. The van der Waals surface area contributed by atoms with Gasteiger partial charge in [0.2, 0.25) is 0 Å². The minimum absolute atomic E-state index is 0.180. The van der Waals surface area contributed by atoms with E-state index in [1.165, 1.54) is 0 Å². The summed E-state index contributed by atoms with van der Waals surface area (Å²) < 4.78 is 0. The van der Waals surface area contributed by atoms with Gasteiger partial charge in [-0.3, -0.25) is 0 Å². The summed E-state index contributed by atoms with van der Waals surface area (Å²) in [6, 6.07) is 5.36. The first-order valence-corrected chi connectivity index (χ1v) is 6.37. The van der Waals surface area contributed by atoms with Crippen LogP contribution in [-0.4, -0.2) is 6.03 Å². The Labute approximate surface area is 112 Å². The zero-order chi connectivity index (χ0) is 13.3. The molecule has 2 rings (SSSR count). The molecule has 96 valence electrons. The van der Waals surface area contributed by atoms with Crippen LogP contribution >= 0.6 is 11.6 Å². The van der Waals surface area contributed by atoms with Crippen molar-refractivity contribution < 1.29 is 4.79 Å². The van der Waals surface area contributed by atoms with Crippen LogP contribution in [0.2, 0.25) is 5.02 Å². The Morgan fingerprint density at radius 3 is 2.83 bits per heavy atom. The first kappa shape index (κ1) is 13.0. The highest BCUT2D eigenvalue weighted by molar-refractivity contribution is 6.30. The predicted molar refractivity (Wildman–Crippen MR) is 74.9 cm³/mol. The minimum Gasteiger partial charge on any atom is -0.328 e. The Hall–Kier alpha value is -1.48. The number of carbonyl (C=O) groups excluding carboxylic acids is 1. The van der Waals surface area contributed by atoms with E-state index >= 15 is 0 Å². The maximum Gasteiger partial charge on any atom is 0.319 e. The number of anilines is 1. The Morgan fingerprint density at radius 2 is 2.22 bits per heavy atom. The van der Waals surface area contributed by atoms with Crippen LogP contribution in [-0.2, 0) is 5.54 Å². The molecule has 1 aromatic rings. The Kier molecular flexibility index (Phi) is 3.35. The first-order chi connectivity index (χ1) is 8.49. The van der Waals surface area contributed by atoms with E-state index in [4.69, 9.17) is 11.6 Å². The number of amides is 2. The smallest absolute Gasteiger partial charge is 0.319 e. The molecule has 1 aliphatic heterocycles. The van der Waals surface area contributed by atoms with Crippen LogP contribution < -0.4 is 10.6 Å². The van der Waals surface area contributed by atoms with Gasteiger partial charge in [-0.25, -0.2) is 4.79 Å². The molecule has 2 N–H and O–H groups in total. The number of hydrogen-bond donors (Lipinski definition) is 2. The number of hydrogen-bond acceptors (Lipinski definition) is 1. The zero-order valence-corrected chi connectivity index (χ0v) is 11.3. The van der Waals surface area contributed by atoms with E-state index in [0.717, 1.165) is 11.3 Å². The maximum absolute atomic E-state index is 11.8. The van der Waals surface area contributed by atoms with E-state index in [1.807, 2.05) is 18.2 Å². The van der Waals surface area contributed by atoms with E-state index in [9.17, 15) is 4.79 Å². The van der Waals surface area contributed by atoms with Crippen molar-refractivity contribution in [3.8, 4) is 0 Å². The molecule has 3 nitrogen and oxygen atoms in total. The van der Waals surface area contributed by atoms with E-state index in [1.54, 1.807) is 6.07 Å². The lowest BCUT2D eigenvalue weighted by Gasteiger charge is -2.42. The third-order valence-electron chi connectivity index (χ3n) is 3.50. The highest BCUT2D eigenvalue weighted by Gasteiger charge is 2.41. The number of carbonyl (C=O) groups is 1. The predicted octanol–water partition coefficient (Wildman–Crippen LogP) is 3.90. The highest BCUT2D eigenvalue weighted by atomic mass is 35.5. The summed E-state index contributed by atoms with van der Waals surface area (Å²) in [5, 5.41) is 6.51. The third kappa shape index (κ3) is 1.99. The molecule has 0 bridgehead atoms. The molecule has 0 spiro atoms. The van der Waals surface area contributed by atoms with E-state index in [2.05, 4.69) is 31.1 Å². The van der Waals surface area contributed by atoms with Gasteiger partial charge in [-0.05, 0) is 30.5 Å². The number of fused-ring (bicyclic) bond motifs is 1. The van der Waals surface area contributed by atoms with Crippen LogP contribution in [0.25, 0.3) is 0 Å². The average Bonchev–Trinajstić information content (AvgIpc) is 2.30. The minimum atomic E-state index is -0.440. The SMILES string of the molecule is C=CCC1(C(C)C)NC(=O)Nc2ccc(Cl)cc21. The monoisotopic (exact) mass is 264 g/mol. The van der Waals surface area contributed by atoms with Gasteiger partial charge in [0.25, 0.3) is 0 Å². The van der Waals surface area contributed by atoms with Gasteiger partial charge in [-0.2, -0.15) is 0 Å². The van der Waals surface area contributed by atoms with Gasteiger partial charge < -0.3 is 10.6 Å². The molecule has 0 radical (unpaired) electrons. The summed E-state index contributed by atoms with van der Waals surface area (Å²) >= 11 is 6.08. The molecule has 0 aromatic heterocycles. The van der Waals surface area contributed by atoms with Gasteiger partial charge in [0.15, 0.2) is 0 Å². The second kappa shape index (κ2) is 4.65. The van der Waals surface area contributed by atoms with Crippen LogP contribution in [0.15, 0.2) is 30.9 Å². The van der Waals surface area contributed by atoms with Crippen LogP contribution in [0.5, 0.6) is 0 Å². The Balaban J connectivity index is 2.64. The number of rotatable bonds is 3. The van der Waals surface area contributed by atoms with Crippen molar-refractivity contribution in [1.82, 2.24) is 5.32 Å². The van der Waals surface area contributed by atoms with Crippen molar-refractivity contribution in [3.05, 3.63) is 41.4 Å². The van der Waals surface area contributed by atoms with Gasteiger partial charge in [0, 0.05) is 16.3 Å². The molecule has 1 atom stereocenters. The molecule has 0 saturated carbocycles. The second-order valence-corrected chi connectivity index (χ2v) is 5.32. The summed E-state index contributed by atoms with van der Waals surface area (Å²) in [6.07, 6.45) is 2.50. The maximum atomic E-state index is 11.8. The normalized spacial score (nSPS) is 22.1. The zero-order valence-electron chi connectivity index (χ0n) is 10.6. The van der Waals surface area contributed by atoms with Crippen molar-refractivity contribution in [2.45, 2.75) is 25.8 Å². The first-order valence-electron chi connectivity index (χ1n) is 5.99. The molecule has 4 heteroatoms. The molecule has 2 amide bonds. The number of halogens is 1. The van der Waals surface area contributed by atoms with Crippen molar-refractivity contribution >= 4 is 23.3 Å². The van der Waals surface area contributed by atoms with E-state index in [0.29, 0.717) is 11.4 Å². The molecule has 0 aliphatic carbocycles. The summed E-state index contributed by atoms with van der Waals surface area (Å²) in [7, 11) is 0. The highest BCUT2D eigenvalue weighted by Crippen LogP contribution is 2.41. The molecular weight excluding hydrogens is 248 g/mol. The van der Waals surface area contributed by atoms with Crippen molar-refractivity contribution in [2.75, 3.05) is 5.32 Å². The van der Waals surface area contributed by atoms with E-state index in [-0.39, 0.29) is 11.9 Å². The van der Waals surface area contributed by atoms with Gasteiger partial charge in [-0.15, -0.1) is 6.58 Å². The summed E-state index contributed by atoms with van der Waals surface area (Å²) in [4.78, 5) is 11.8. The van der Waals surface area contributed by atoms with Crippen molar-refractivity contribution in [1.29, 1.82) is 0 Å². The Morgan fingerprint density at radius 1 is 1.50 bits per heavy atom. The molecule has 1 aromatic carbocycles.